The standard InChI is InChI=1S/C32H36O8/c1-17(2)8-7-11-30(6,36)22-15-31-13-9-18(3)16-37-32(31,40-22)28(35)27-24(31)25(34)23-20(33)14-21-19(26(23)38-27)10-12-29(4,5)39-21/h8-10,12,14,22,33,36H,7,11,13,15-16H2,1-6H3/t22-,30?,31+,32-/m0/s1. The molecule has 1 aliphatic carbocycles. The maximum atomic E-state index is 14.3. The molecule has 1 saturated heterocycles. The SMILES string of the molecule is CC(C)=CCCC(C)(O)[C@@H]1C[C@@]23CC=C(C)CO[C@]2(O1)C(=O)c1oc2c4c(cc(O)c2c(=O)c13)OC(C)(C)C=C4. The van der Waals surface area contributed by atoms with E-state index in [0.717, 1.165) is 11.1 Å². The van der Waals surface area contributed by atoms with Crippen molar-refractivity contribution in [3.8, 4) is 11.5 Å². The third-order valence-corrected chi connectivity index (χ3v) is 8.83. The lowest BCUT2D eigenvalue weighted by Gasteiger charge is -2.35. The number of phenolic OH excluding ortho intramolecular Hbond substituents is 1. The number of allylic oxidation sites excluding steroid dienone is 3. The average Bonchev–Trinajstić information content (AvgIpc) is 3.23. The van der Waals surface area contributed by atoms with E-state index in [0.29, 0.717) is 24.2 Å². The molecule has 1 unspecified atom stereocenters. The van der Waals surface area contributed by atoms with Crippen molar-refractivity contribution in [2.45, 2.75) is 95.7 Å². The normalized spacial score (nSPS) is 29.4. The summed E-state index contributed by atoms with van der Waals surface area (Å²) in [5.41, 5.74) is -0.893. The van der Waals surface area contributed by atoms with Gasteiger partial charge in [-0.05, 0) is 79.4 Å². The Labute approximate surface area is 232 Å². The van der Waals surface area contributed by atoms with E-state index < -0.39 is 39.7 Å². The van der Waals surface area contributed by atoms with Crippen molar-refractivity contribution in [2.75, 3.05) is 6.61 Å². The molecule has 6 rings (SSSR count). The minimum Gasteiger partial charge on any atom is -0.507 e. The van der Waals surface area contributed by atoms with Crippen LogP contribution in [0.2, 0.25) is 0 Å². The Morgan fingerprint density at radius 2 is 2.00 bits per heavy atom. The lowest BCUT2D eigenvalue weighted by molar-refractivity contribution is -0.229. The van der Waals surface area contributed by atoms with Crippen LogP contribution in [-0.2, 0) is 14.9 Å². The minimum atomic E-state index is -1.83. The zero-order chi connectivity index (χ0) is 28.8. The molecule has 0 spiro atoms. The maximum Gasteiger partial charge on any atom is 0.258 e. The van der Waals surface area contributed by atoms with E-state index in [1.165, 1.54) is 6.07 Å². The van der Waals surface area contributed by atoms with Crippen LogP contribution in [0.5, 0.6) is 11.5 Å². The molecule has 0 saturated carbocycles. The number of phenols is 1. The molecule has 8 heteroatoms. The third-order valence-electron chi connectivity index (χ3n) is 8.83. The Hall–Kier alpha value is -3.20. The Morgan fingerprint density at radius 1 is 1.25 bits per heavy atom. The van der Waals surface area contributed by atoms with Gasteiger partial charge < -0.3 is 28.8 Å². The first-order valence-corrected chi connectivity index (χ1v) is 13.8. The van der Waals surface area contributed by atoms with Gasteiger partial charge in [-0.3, -0.25) is 9.59 Å². The van der Waals surface area contributed by atoms with Crippen molar-refractivity contribution in [3.63, 3.8) is 0 Å². The van der Waals surface area contributed by atoms with E-state index in [4.69, 9.17) is 18.6 Å². The van der Waals surface area contributed by atoms with Gasteiger partial charge in [-0.15, -0.1) is 0 Å². The fraction of sp³-hybridized carbons (Fsp3) is 0.500. The number of carbonyl (C=O) groups excluding carboxylic acids is 1. The van der Waals surface area contributed by atoms with Gasteiger partial charge in [-0.2, -0.15) is 0 Å². The highest BCUT2D eigenvalue weighted by Crippen LogP contribution is 2.61. The van der Waals surface area contributed by atoms with Crippen molar-refractivity contribution >= 4 is 22.8 Å². The smallest absolute Gasteiger partial charge is 0.258 e. The highest BCUT2D eigenvalue weighted by Gasteiger charge is 2.74. The Morgan fingerprint density at radius 3 is 2.73 bits per heavy atom. The van der Waals surface area contributed by atoms with Gasteiger partial charge in [0.25, 0.3) is 5.78 Å². The van der Waals surface area contributed by atoms with Gasteiger partial charge in [0.1, 0.15) is 22.5 Å². The van der Waals surface area contributed by atoms with Crippen LogP contribution >= 0.6 is 0 Å². The van der Waals surface area contributed by atoms with Crippen LogP contribution < -0.4 is 10.2 Å². The first kappa shape index (κ1) is 27.0. The van der Waals surface area contributed by atoms with Gasteiger partial charge in [-0.25, -0.2) is 0 Å². The molecule has 1 aromatic heterocycles. The molecule has 4 aliphatic rings. The van der Waals surface area contributed by atoms with Crippen LogP contribution in [-0.4, -0.2) is 45.7 Å². The molecule has 0 radical (unpaired) electrons. The molecule has 3 aliphatic heterocycles. The first-order chi connectivity index (χ1) is 18.7. The van der Waals surface area contributed by atoms with E-state index in [9.17, 15) is 19.8 Å². The van der Waals surface area contributed by atoms with Crippen molar-refractivity contribution in [3.05, 3.63) is 62.6 Å². The third kappa shape index (κ3) is 3.69. The fourth-order valence-electron chi connectivity index (χ4n) is 6.62. The van der Waals surface area contributed by atoms with Gasteiger partial charge in [0, 0.05) is 6.07 Å². The van der Waals surface area contributed by atoms with Crippen LogP contribution in [0.1, 0.15) is 88.9 Å². The second kappa shape index (κ2) is 8.65. The number of carbonyl (C=O) groups is 1. The molecular weight excluding hydrogens is 512 g/mol. The quantitative estimate of drug-likeness (QED) is 0.484. The summed E-state index contributed by atoms with van der Waals surface area (Å²) in [4.78, 5) is 28.7. The van der Waals surface area contributed by atoms with Crippen LogP contribution in [0.15, 0.2) is 44.7 Å². The molecule has 4 heterocycles. The zero-order valence-corrected chi connectivity index (χ0v) is 23.8. The van der Waals surface area contributed by atoms with E-state index in [1.807, 2.05) is 52.8 Å². The Bertz CT molecular complexity index is 1600. The number of aliphatic hydroxyl groups is 1. The summed E-state index contributed by atoms with van der Waals surface area (Å²) < 4.78 is 25.0. The molecule has 1 fully saturated rings. The molecular formula is C32H36O8. The minimum absolute atomic E-state index is 0.0212. The van der Waals surface area contributed by atoms with Crippen molar-refractivity contribution in [1.29, 1.82) is 0 Å². The summed E-state index contributed by atoms with van der Waals surface area (Å²) in [7, 11) is 0. The summed E-state index contributed by atoms with van der Waals surface area (Å²) in [6.07, 6.45) is 8.36. The van der Waals surface area contributed by atoms with Crippen molar-refractivity contribution in [2.24, 2.45) is 0 Å². The van der Waals surface area contributed by atoms with Crippen LogP contribution in [0.3, 0.4) is 0 Å². The van der Waals surface area contributed by atoms with Crippen LogP contribution in [0, 0.1) is 0 Å². The number of hydrogen-bond donors (Lipinski definition) is 2. The molecule has 212 valence electrons. The number of ketones is 1. The van der Waals surface area contributed by atoms with Crippen LogP contribution in [0.25, 0.3) is 17.0 Å². The van der Waals surface area contributed by atoms with Crippen molar-refractivity contribution < 1.29 is 33.6 Å². The second-order valence-corrected chi connectivity index (χ2v) is 12.7. The van der Waals surface area contributed by atoms with Gasteiger partial charge in [0.15, 0.2) is 11.3 Å². The van der Waals surface area contributed by atoms with Gasteiger partial charge >= 0.3 is 0 Å². The van der Waals surface area contributed by atoms with Crippen molar-refractivity contribution in [1.82, 2.24) is 0 Å². The summed E-state index contributed by atoms with van der Waals surface area (Å²) in [6.45, 7) is 11.5. The number of hydrogen-bond acceptors (Lipinski definition) is 8. The van der Waals surface area contributed by atoms with E-state index >= 15 is 0 Å². The summed E-state index contributed by atoms with van der Waals surface area (Å²) in [5, 5.41) is 22.6. The molecule has 0 bridgehead atoms. The van der Waals surface area contributed by atoms with E-state index in [-0.39, 0.29) is 47.5 Å². The summed E-state index contributed by atoms with van der Waals surface area (Å²) in [6, 6.07) is 1.42. The molecule has 2 aromatic rings. The summed E-state index contributed by atoms with van der Waals surface area (Å²) in [5.74, 6) is -2.47. The first-order valence-electron chi connectivity index (χ1n) is 13.8. The largest absolute Gasteiger partial charge is 0.507 e. The number of benzene rings is 1. The fourth-order valence-corrected chi connectivity index (χ4v) is 6.62. The maximum absolute atomic E-state index is 14.3. The topological polar surface area (TPSA) is 115 Å². The Balaban J connectivity index is 1.56. The van der Waals surface area contributed by atoms with Gasteiger partial charge in [0.05, 0.1) is 34.9 Å². The molecule has 40 heavy (non-hydrogen) atoms. The number of fused-ring (bicyclic) bond motifs is 4. The molecule has 8 nitrogen and oxygen atoms in total. The molecule has 4 atom stereocenters. The lowest BCUT2D eigenvalue weighted by Crippen LogP contribution is -2.52. The second-order valence-electron chi connectivity index (χ2n) is 12.7. The number of Topliss-reactive ketones (excluding diaryl/α,β-unsaturated/α-hetero) is 1. The highest BCUT2D eigenvalue weighted by molar-refractivity contribution is 6.08. The van der Waals surface area contributed by atoms with E-state index in [1.54, 1.807) is 13.0 Å². The summed E-state index contributed by atoms with van der Waals surface area (Å²) >= 11 is 0. The average molecular weight is 549 g/mol. The number of aromatic hydroxyl groups is 1. The Kier molecular flexibility index (Phi) is 5.84. The predicted octanol–water partition coefficient (Wildman–Crippen LogP) is 5.47. The zero-order valence-electron chi connectivity index (χ0n) is 23.8. The monoisotopic (exact) mass is 548 g/mol. The molecule has 0 amide bonds. The lowest BCUT2D eigenvalue weighted by atomic mass is 9.71. The number of ether oxygens (including phenoxy) is 3. The molecule has 1 aromatic carbocycles. The van der Waals surface area contributed by atoms with Gasteiger partial charge in [-0.1, -0.05) is 23.3 Å². The molecule has 2 N–H and O–H groups in total. The number of rotatable bonds is 4. The van der Waals surface area contributed by atoms with Crippen LogP contribution in [0.4, 0.5) is 0 Å². The van der Waals surface area contributed by atoms with E-state index in [2.05, 4.69) is 0 Å². The highest BCUT2D eigenvalue weighted by atomic mass is 16.7. The predicted molar refractivity (Wildman–Crippen MR) is 150 cm³/mol. The van der Waals surface area contributed by atoms with Gasteiger partial charge in [0.2, 0.25) is 11.2 Å².